The van der Waals surface area contributed by atoms with Gasteiger partial charge in [-0.05, 0) is 62.0 Å². The van der Waals surface area contributed by atoms with Crippen molar-refractivity contribution >= 4 is 30.2 Å². The number of carboxylic acids is 1. The van der Waals surface area contributed by atoms with Gasteiger partial charge < -0.3 is 21.5 Å². The summed E-state index contributed by atoms with van der Waals surface area (Å²) >= 11 is 0. The molecular formula is C27H39ClFN3O4. The van der Waals surface area contributed by atoms with Crippen molar-refractivity contribution in [1.82, 2.24) is 4.90 Å². The fraction of sp³-hybridized carbons (Fsp3) is 0.667. The largest absolute Gasteiger partial charge is 0.478 e. The van der Waals surface area contributed by atoms with E-state index in [-0.39, 0.29) is 59.8 Å². The molecule has 4 atom stereocenters. The van der Waals surface area contributed by atoms with Crippen molar-refractivity contribution in [3.63, 3.8) is 0 Å². The molecule has 2 aliphatic carbocycles. The van der Waals surface area contributed by atoms with Crippen molar-refractivity contribution in [3.8, 4) is 0 Å². The Morgan fingerprint density at radius 2 is 1.69 bits per heavy atom. The molecular weight excluding hydrogens is 485 g/mol. The number of carbonyl (C=O) groups is 3. The monoisotopic (exact) mass is 523 g/mol. The lowest BCUT2D eigenvalue weighted by Crippen LogP contribution is -2.50. The maximum Gasteiger partial charge on any atom is 0.338 e. The summed E-state index contributed by atoms with van der Waals surface area (Å²) in [4.78, 5) is 39.8. The molecule has 3 fully saturated rings. The van der Waals surface area contributed by atoms with Crippen LogP contribution >= 0.6 is 12.4 Å². The number of benzene rings is 1. The molecule has 1 aliphatic heterocycles. The van der Waals surface area contributed by atoms with E-state index in [9.17, 15) is 19.5 Å². The van der Waals surface area contributed by atoms with Crippen LogP contribution in [-0.2, 0) is 9.59 Å². The summed E-state index contributed by atoms with van der Waals surface area (Å²) in [6.45, 7) is 2.18. The summed E-state index contributed by atoms with van der Waals surface area (Å²) in [6.07, 6.45) is 8.12. The molecule has 0 radical (unpaired) electrons. The first-order chi connectivity index (χ1) is 16.7. The number of carbonyl (C=O) groups excluding carboxylic acids is 2. The Morgan fingerprint density at radius 1 is 1.06 bits per heavy atom. The quantitative estimate of drug-likeness (QED) is 0.518. The van der Waals surface area contributed by atoms with Crippen LogP contribution in [0.3, 0.4) is 0 Å². The first-order valence-corrected chi connectivity index (χ1v) is 13.1. The summed E-state index contributed by atoms with van der Waals surface area (Å²) < 4.78 is 15.4. The van der Waals surface area contributed by atoms with Gasteiger partial charge in [-0.15, -0.1) is 12.4 Å². The number of halogens is 2. The van der Waals surface area contributed by atoms with Gasteiger partial charge in [0.15, 0.2) is 0 Å². The predicted molar refractivity (Wildman–Crippen MR) is 137 cm³/mol. The van der Waals surface area contributed by atoms with E-state index in [1.165, 1.54) is 6.07 Å². The van der Waals surface area contributed by atoms with Gasteiger partial charge in [0, 0.05) is 24.4 Å². The zero-order chi connectivity index (χ0) is 25.3. The van der Waals surface area contributed by atoms with Crippen molar-refractivity contribution < 1.29 is 23.9 Å². The highest BCUT2D eigenvalue weighted by Gasteiger charge is 2.52. The lowest BCUT2D eigenvalue weighted by molar-refractivity contribution is -0.143. The second kappa shape index (κ2) is 11.9. The van der Waals surface area contributed by atoms with Crippen molar-refractivity contribution in [2.24, 2.45) is 35.1 Å². The summed E-state index contributed by atoms with van der Waals surface area (Å²) in [5, 5.41) is 9.47. The Balaban J connectivity index is 0.00000361. The van der Waals surface area contributed by atoms with Crippen LogP contribution in [0.1, 0.15) is 86.6 Å². The van der Waals surface area contributed by atoms with Crippen molar-refractivity contribution in [1.29, 1.82) is 0 Å². The average Bonchev–Trinajstić information content (AvgIpc) is 3.25. The molecule has 7 nitrogen and oxygen atoms in total. The molecule has 200 valence electrons. The number of nitrogens with zero attached hydrogens (tertiary/aromatic N) is 1. The van der Waals surface area contributed by atoms with Gasteiger partial charge in [-0.25, -0.2) is 9.18 Å². The number of rotatable bonds is 6. The third-order valence-corrected chi connectivity index (χ3v) is 8.85. The van der Waals surface area contributed by atoms with E-state index >= 15 is 4.39 Å². The van der Waals surface area contributed by atoms with Crippen LogP contribution in [0.4, 0.5) is 4.39 Å². The van der Waals surface area contributed by atoms with Crippen LogP contribution in [0.2, 0.25) is 0 Å². The standard InChI is InChI=1S/C27H38FN3O4.ClH/c1-15(29)16-10-12-18(13-11-16)26(33)31-14-21(19-8-5-9-20(23(19)28)27(34)35)22(24(31)25(30)32)17-6-3-2-4-7-17;/h5,8-9,15-18,21-22,24H,2-4,6-7,10-14,29H2,1H3,(H2,30,32)(H,34,35);1H/t15?,16?,18?,21?,22-,24+;/m1./s1. The van der Waals surface area contributed by atoms with Crippen molar-refractivity contribution in [3.05, 3.63) is 35.1 Å². The molecule has 5 N–H and O–H groups in total. The van der Waals surface area contributed by atoms with Crippen LogP contribution in [0.25, 0.3) is 0 Å². The number of hydrogen-bond acceptors (Lipinski definition) is 4. The van der Waals surface area contributed by atoms with Gasteiger partial charge in [-0.1, -0.05) is 44.2 Å². The lowest BCUT2D eigenvalue weighted by atomic mass is 9.70. The van der Waals surface area contributed by atoms with Gasteiger partial charge in [0.05, 0.1) is 5.56 Å². The highest BCUT2D eigenvalue weighted by molar-refractivity contribution is 5.90. The fourth-order valence-corrected chi connectivity index (χ4v) is 6.98. The lowest BCUT2D eigenvalue weighted by Gasteiger charge is -2.36. The number of likely N-dealkylation sites (tertiary alicyclic amines) is 1. The third-order valence-electron chi connectivity index (χ3n) is 8.85. The minimum atomic E-state index is -1.33. The molecule has 9 heteroatoms. The Kier molecular flexibility index (Phi) is 9.39. The minimum Gasteiger partial charge on any atom is -0.478 e. The Bertz CT molecular complexity index is 960. The molecule has 36 heavy (non-hydrogen) atoms. The predicted octanol–water partition coefficient (Wildman–Crippen LogP) is 4.08. The van der Waals surface area contributed by atoms with Gasteiger partial charge in [0.1, 0.15) is 11.9 Å². The first kappa shape index (κ1) is 28.4. The topological polar surface area (TPSA) is 127 Å². The molecule has 1 heterocycles. The number of carboxylic acid groups (broad SMARTS) is 1. The van der Waals surface area contributed by atoms with Gasteiger partial charge in [0.25, 0.3) is 0 Å². The van der Waals surface area contributed by atoms with Crippen LogP contribution in [0, 0.1) is 29.5 Å². The maximum atomic E-state index is 15.4. The minimum absolute atomic E-state index is 0. The second-order valence-electron chi connectivity index (χ2n) is 10.9. The molecule has 2 unspecified atom stereocenters. The van der Waals surface area contributed by atoms with Gasteiger partial charge in [0.2, 0.25) is 11.8 Å². The number of nitrogens with two attached hydrogens (primary N) is 2. The normalized spacial score (nSPS) is 29.9. The van der Waals surface area contributed by atoms with Gasteiger partial charge in [-0.2, -0.15) is 0 Å². The van der Waals surface area contributed by atoms with E-state index in [0.29, 0.717) is 18.8 Å². The molecule has 0 aromatic heterocycles. The summed E-state index contributed by atoms with van der Waals surface area (Å²) in [7, 11) is 0. The molecule has 1 saturated heterocycles. The number of hydrogen-bond donors (Lipinski definition) is 3. The number of amides is 2. The van der Waals surface area contributed by atoms with E-state index in [4.69, 9.17) is 11.5 Å². The second-order valence-corrected chi connectivity index (χ2v) is 10.9. The zero-order valence-corrected chi connectivity index (χ0v) is 21.7. The molecule has 4 rings (SSSR count). The molecule has 1 aromatic carbocycles. The highest BCUT2D eigenvalue weighted by atomic mass is 35.5. The Labute approximate surface area is 218 Å². The highest BCUT2D eigenvalue weighted by Crippen LogP contribution is 2.48. The van der Waals surface area contributed by atoms with Crippen LogP contribution in [0.5, 0.6) is 0 Å². The Morgan fingerprint density at radius 3 is 2.25 bits per heavy atom. The SMILES string of the molecule is CC(N)C1CCC(C(=O)N2CC(c3cccc(C(=O)O)c3F)[C@@H](C3CCCCC3)[C@H]2C(N)=O)CC1.Cl. The van der Waals surface area contributed by atoms with E-state index < -0.39 is 29.7 Å². The molecule has 0 spiro atoms. The third kappa shape index (κ3) is 5.54. The van der Waals surface area contributed by atoms with E-state index in [1.54, 1.807) is 17.0 Å². The van der Waals surface area contributed by atoms with Crippen LogP contribution in [-0.4, -0.2) is 46.4 Å². The molecule has 2 saturated carbocycles. The first-order valence-electron chi connectivity index (χ1n) is 13.1. The zero-order valence-electron chi connectivity index (χ0n) is 20.9. The van der Waals surface area contributed by atoms with Crippen LogP contribution in [0.15, 0.2) is 18.2 Å². The van der Waals surface area contributed by atoms with Gasteiger partial charge >= 0.3 is 5.97 Å². The molecule has 2 amide bonds. The maximum absolute atomic E-state index is 15.4. The van der Waals surface area contributed by atoms with E-state index in [0.717, 1.165) is 44.9 Å². The summed E-state index contributed by atoms with van der Waals surface area (Å²) in [5.74, 6) is -3.23. The van der Waals surface area contributed by atoms with Crippen molar-refractivity contribution in [2.45, 2.75) is 82.7 Å². The van der Waals surface area contributed by atoms with Crippen LogP contribution < -0.4 is 11.5 Å². The van der Waals surface area contributed by atoms with Crippen molar-refractivity contribution in [2.75, 3.05) is 6.54 Å². The average molecular weight is 524 g/mol. The smallest absolute Gasteiger partial charge is 0.338 e. The van der Waals surface area contributed by atoms with Gasteiger partial charge in [-0.3, -0.25) is 9.59 Å². The molecule has 1 aromatic rings. The van der Waals surface area contributed by atoms with E-state index in [2.05, 4.69) is 0 Å². The molecule has 0 bridgehead atoms. The number of aromatic carboxylic acids is 1. The number of primary amides is 1. The van der Waals surface area contributed by atoms with E-state index in [1.807, 2.05) is 6.92 Å². The summed E-state index contributed by atoms with van der Waals surface area (Å²) in [6, 6.07) is 3.66. The Hall–Kier alpha value is -2.19. The molecule has 3 aliphatic rings. The summed E-state index contributed by atoms with van der Waals surface area (Å²) in [5.41, 5.74) is 11.9. The fourth-order valence-electron chi connectivity index (χ4n) is 6.98.